The first kappa shape index (κ1) is 21.3. The molecule has 0 spiro atoms. The molecule has 5 rings (SSSR count). The Morgan fingerprint density at radius 1 is 1.12 bits per heavy atom. The highest BCUT2D eigenvalue weighted by Gasteiger charge is 2.47. The van der Waals surface area contributed by atoms with Gasteiger partial charge in [-0.05, 0) is 62.4 Å². The van der Waals surface area contributed by atoms with Crippen LogP contribution in [0.2, 0.25) is 0 Å². The van der Waals surface area contributed by atoms with Gasteiger partial charge in [-0.1, -0.05) is 6.07 Å². The molecule has 0 aliphatic heterocycles. The molecule has 1 amide bonds. The van der Waals surface area contributed by atoms with Gasteiger partial charge < -0.3 is 15.0 Å². The second-order valence-corrected chi connectivity index (χ2v) is 8.89. The second kappa shape index (κ2) is 8.42. The van der Waals surface area contributed by atoms with Crippen molar-refractivity contribution in [3.8, 4) is 5.75 Å². The third-order valence-corrected chi connectivity index (χ3v) is 6.23. The molecule has 1 fully saturated rings. The smallest absolute Gasteiger partial charge is 0.252 e. The van der Waals surface area contributed by atoms with Crippen LogP contribution in [0.25, 0.3) is 0 Å². The van der Waals surface area contributed by atoms with E-state index in [9.17, 15) is 9.18 Å². The normalized spacial score (nSPS) is 18.2. The van der Waals surface area contributed by atoms with Gasteiger partial charge in [0.1, 0.15) is 11.9 Å². The van der Waals surface area contributed by atoms with Gasteiger partial charge >= 0.3 is 0 Å². The van der Waals surface area contributed by atoms with Gasteiger partial charge in [-0.25, -0.2) is 14.4 Å². The van der Waals surface area contributed by atoms with E-state index >= 15 is 0 Å². The van der Waals surface area contributed by atoms with Crippen molar-refractivity contribution in [3.63, 3.8) is 0 Å². The summed E-state index contributed by atoms with van der Waals surface area (Å²) < 4.78 is 19.4. The number of carbonyl (C=O) groups is 1. The fourth-order valence-electron chi connectivity index (χ4n) is 4.23. The highest BCUT2D eigenvalue weighted by Crippen LogP contribution is 2.46. The second-order valence-electron chi connectivity index (χ2n) is 8.89. The summed E-state index contributed by atoms with van der Waals surface area (Å²) in [5.41, 5.74) is 2.94. The van der Waals surface area contributed by atoms with Crippen LogP contribution in [0.15, 0.2) is 48.8 Å². The molecule has 0 saturated heterocycles. The predicted molar refractivity (Wildman–Crippen MR) is 122 cm³/mol. The molecule has 1 unspecified atom stereocenters. The molecule has 1 atom stereocenters. The van der Waals surface area contributed by atoms with Gasteiger partial charge in [0.15, 0.2) is 5.75 Å². The Bertz CT molecular complexity index is 1160. The topological polar surface area (TPSA) is 80.2 Å². The Labute approximate surface area is 192 Å². The number of rotatable bonds is 6. The van der Waals surface area contributed by atoms with Crippen molar-refractivity contribution in [3.05, 3.63) is 77.1 Å². The van der Waals surface area contributed by atoms with E-state index in [0.29, 0.717) is 17.3 Å². The number of nitrogens with one attached hydrogen (secondary N) is 1. The minimum Gasteiger partial charge on any atom is -0.482 e. The number of pyridine rings is 1. The van der Waals surface area contributed by atoms with Crippen LogP contribution in [-0.2, 0) is 12.0 Å². The Balaban J connectivity index is 1.33. The van der Waals surface area contributed by atoms with Crippen molar-refractivity contribution in [1.29, 1.82) is 0 Å². The van der Waals surface area contributed by atoms with E-state index in [1.165, 1.54) is 24.3 Å². The van der Waals surface area contributed by atoms with E-state index in [1.54, 1.807) is 12.4 Å². The number of ether oxygens (including phenoxy) is 1. The summed E-state index contributed by atoms with van der Waals surface area (Å²) in [5.74, 6) is 0.693. The summed E-state index contributed by atoms with van der Waals surface area (Å²) in [4.78, 5) is 28.1. The number of hydrogen-bond acceptors (Lipinski definition) is 6. The average molecular weight is 448 g/mol. The first-order valence-electron chi connectivity index (χ1n) is 11.2. The van der Waals surface area contributed by atoms with Gasteiger partial charge in [-0.15, -0.1) is 0 Å². The zero-order valence-corrected chi connectivity index (χ0v) is 18.7. The minimum atomic E-state index is -0.454. The van der Waals surface area contributed by atoms with Crippen LogP contribution in [-0.4, -0.2) is 35.0 Å². The number of benzene rings is 1. The molecule has 33 heavy (non-hydrogen) atoms. The number of halogens is 1. The molecule has 3 aromatic rings. The van der Waals surface area contributed by atoms with Crippen molar-refractivity contribution in [2.24, 2.45) is 0 Å². The lowest BCUT2D eigenvalue weighted by Gasteiger charge is -2.27. The lowest BCUT2D eigenvalue weighted by molar-refractivity contribution is 0.0929. The average Bonchev–Trinajstić information content (AvgIpc) is 3.60. The number of amides is 1. The van der Waals surface area contributed by atoms with E-state index < -0.39 is 5.54 Å². The van der Waals surface area contributed by atoms with Gasteiger partial charge in [0.25, 0.3) is 5.91 Å². The standard InChI is InChI=1S/C25H26FN5O2/c1-31(2)24-27-14-18(15-28-24)33-21-5-3-4-20-19(21)10-11-22(29-20)25(12-13-25)30-23(32)16-6-8-17(26)9-7-16/h6-11,14-15,21H,3-5,12-13H2,1-2H3,(H,30,32). The third-order valence-electron chi connectivity index (χ3n) is 6.23. The summed E-state index contributed by atoms with van der Waals surface area (Å²) in [5, 5.41) is 3.12. The van der Waals surface area contributed by atoms with E-state index in [1.807, 2.05) is 25.1 Å². The van der Waals surface area contributed by atoms with Gasteiger partial charge in [0.05, 0.1) is 23.6 Å². The number of aryl methyl sites for hydroxylation is 1. The van der Waals surface area contributed by atoms with Gasteiger partial charge in [0, 0.05) is 30.9 Å². The molecule has 0 bridgehead atoms. The van der Waals surface area contributed by atoms with Gasteiger partial charge in [0.2, 0.25) is 5.95 Å². The molecule has 8 heteroatoms. The zero-order valence-electron chi connectivity index (χ0n) is 18.7. The molecule has 1 saturated carbocycles. The highest BCUT2D eigenvalue weighted by atomic mass is 19.1. The van der Waals surface area contributed by atoms with E-state index in [-0.39, 0.29) is 17.8 Å². The number of aromatic nitrogens is 3. The summed E-state index contributed by atoms with van der Waals surface area (Å²) in [6, 6.07) is 9.65. The molecular weight excluding hydrogens is 421 g/mol. The molecule has 1 N–H and O–H groups in total. The van der Waals surface area contributed by atoms with Crippen LogP contribution in [0.1, 0.15) is 59.1 Å². The van der Waals surface area contributed by atoms with Crippen LogP contribution in [0.3, 0.4) is 0 Å². The number of carbonyl (C=O) groups excluding carboxylic acids is 1. The number of anilines is 1. The fourth-order valence-corrected chi connectivity index (χ4v) is 4.23. The Kier molecular flexibility index (Phi) is 5.44. The monoisotopic (exact) mass is 447 g/mol. The lowest BCUT2D eigenvalue weighted by atomic mass is 9.92. The fraction of sp³-hybridized carbons (Fsp3) is 0.360. The summed E-state index contributed by atoms with van der Waals surface area (Å²) in [7, 11) is 3.79. The number of fused-ring (bicyclic) bond motifs is 1. The van der Waals surface area contributed by atoms with Crippen molar-refractivity contribution >= 4 is 11.9 Å². The molecule has 7 nitrogen and oxygen atoms in total. The molecule has 2 heterocycles. The number of hydrogen-bond donors (Lipinski definition) is 1. The van der Waals surface area contributed by atoms with E-state index in [2.05, 4.69) is 21.4 Å². The molecule has 2 aliphatic rings. The molecule has 1 aromatic carbocycles. The first-order valence-corrected chi connectivity index (χ1v) is 11.2. The minimum absolute atomic E-state index is 0.104. The maximum atomic E-state index is 13.2. The SMILES string of the molecule is CN(C)c1ncc(OC2CCCc3nc(C4(NC(=O)c5ccc(F)cc5)CC4)ccc32)cn1. The van der Waals surface area contributed by atoms with Crippen molar-refractivity contribution in [1.82, 2.24) is 20.3 Å². The lowest BCUT2D eigenvalue weighted by Crippen LogP contribution is -2.36. The van der Waals surface area contributed by atoms with Crippen molar-refractivity contribution in [2.45, 2.75) is 43.7 Å². The Hall–Kier alpha value is -3.55. The van der Waals surface area contributed by atoms with Gasteiger partial charge in [-0.3, -0.25) is 9.78 Å². The van der Waals surface area contributed by atoms with Crippen molar-refractivity contribution < 1.29 is 13.9 Å². The quantitative estimate of drug-likeness (QED) is 0.616. The van der Waals surface area contributed by atoms with Crippen LogP contribution >= 0.6 is 0 Å². The van der Waals surface area contributed by atoms with E-state index in [4.69, 9.17) is 9.72 Å². The first-order chi connectivity index (χ1) is 15.9. The summed E-state index contributed by atoms with van der Waals surface area (Å²) in [6.45, 7) is 0. The molecule has 2 aliphatic carbocycles. The Morgan fingerprint density at radius 2 is 1.85 bits per heavy atom. The van der Waals surface area contributed by atoms with E-state index in [0.717, 1.165) is 49.1 Å². The zero-order chi connectivity index (χ0) is 23.0. The predicted octanol–water partition coefficient (Wildman–Crippen LogP) is 3.95. The van der Waals surface area contributed by atoms with Gasteiger partial charge in [-0.2, -0.15) is 0 Å². The molecule has 0 radical (unpaired) electrons. The highest BCUT2D eigenvalue weighted by molar-refractivity contribution is 5.95. The molecule has 2 aromatic heterocycles. The largest absolute Gasteiger partial charge is 0.482 e. The van der Waals surface area contributed by atoms with Crippen LogP contribution in [0, 0.1) is 5.82 Å². The maximum absolute atomic E-state index is 13.2. The molecular formula is C25H26FN5O2. The maximum Gasteiger partial charge on any atom is 0.252 e. The van der Waals surface area contributed by atoms with Crippen molar-refractivity contribution in [2.75, 3.05) is 19.0 Å². The summed E-state index contributed by atoms with van der Waals surface area (Å²) >= 11 is 0. The third kappa shape index (κ3) is 4.37. The van der Waals surface area contributed by atoms with Crippen LogP contribution in [0.4, 0.5) is 10.3 Å². The Morgan fingerprint density at radius 3 is 2.52 bits per heavy atom. The van der Waals surface area contributed by atoms with Crippen LogP contribution < -0.4 is 15.0 Å². The molecule has 170 valence electrons. The summed E-state index contributed by atoms with van der Waals surface area (Å²) in [6.07, 6.45) is 7.71. The van der Waals surface area contributed by atoms with Crippen LogP contribution in [0.5, 0.6) is 5.75 Å². The number of nitrogens with zero attached hydrogens (tertiary/aromatic N) is 4.